The van der Waals surface area contributed by atoms with Crippen molar-refractivity contribution in [1.29, 1.82) is 0 Å². The monoisotopic (exact) mass is 444 g/mol. The van der Waals surface area contributed by atoms with E-state index in [1.54, 1.807) is 38.5 Å². The molecule has 1 amide bonds. The summed E-state index contributed by atoms with van der Waals surface area (Å²) in [7, 11) is 3.15. The van der Waals surface area contributed by atoms with E-state index in [1.807, 2.05) is 54.6 Å². The average Bonchev–Trinajstić information content (AvgIpc) is 3.33. The minimum atomic E-state index is -0.585. The number of ether oxygens (including phenoxy) is 3. The molecule has 0 bridgehead atoms. The van der Waals surface area contributed by atoms with E-state index in [0.717, 1.165) is 22.6 Å². The highest BCUT2D eigenvalue weighted by molar-refractivity contribution is 6.03. The molecule has 1 aliphatic heterocycles. The Morgan fingerprint density at radius 2 is 1.48 bits per heavy atom. The number of hydrogen-bond acceptors (Lipinski definition) is 6. The van der Waals surface area contributed by atoms with E-state index in [4.69, 9.17) is 14.2 Å². The molecule has 0 spiro atoms. The number of hydrazone groups is 1. The Balaban J connectivity index is 1.51. The van der Waals surface area contributed by atoms with Gasteiger partial charge in [-0.15, -0.1) is 0 Å². The molecule has 4 rings (SSSR count). The molecule has 1 aliphatic rings. The third-order valence-electron chi connectivity index (χ3n) is 5.43. The Morgan fingerprint density at radius 1 is 0.879 bits per heavy atom. The predicted molar refractivity (Wildman–Crippen MR) is 123 cm³/mol. The second-order valence-corrected chi connectivity index (χ2v) is 7.45. The van der Waals surface area contributed by atoms with E-state index in [9.17, 15) is 9.59 Å². The highest BCUT2D eigenvalue weighted by Gasteiger charge is 2.33. The molecule has 168 valence electrons. The quantitative estimate of drug-likeness (QED) is 0.510. The summed E-state index contributed by atoms with van der Waals surface area (Å²) < 4.78 is 15.6. The fourth-order valence-corrected chi connectivity index (χ4v) is 3.63. The number of methoxy groups -OCH3 is 2. The smallest absolute Gasteiger partial charge is 0.338 e. The van der Waals surface area contributed by atoms with Crippen LogP contribution in [0, 0.1) is 0 Å². The van der Waals surface area contributed by atoms with Crippen molar-refractivity contribution in [2.75, 3.05) is 20.8 Å². The molecule has 33 heavy (non-hydrogen) atoms. The number of nitrogens with zero attached hydrogens (tertiary/aromatic N) is 2. The van der Waals surface area contributed by atoms with Crippen molar-refractivity contribution in [3.8, 4) is 11.5 Å². The molecular formula is C26H24N2O5. The molecule has 7 nitrogen and oxygen atoms in total. The van der Waals surface area contributed by atoms with Crippen molar-refractivity contribution in [3.63, 3.8) is 0 Å². The summed E-state index contributed by atoms with van der Waals surface area (Å²) in [5, 5.41) is 6.00. The van der Waals surface area contributed by atoms with E-state index in [1.165, 1.54) is 5.01 Å². The van der Waals surface area contributed by atoms with Gasteiger partial charge in [-0.3, -0.25) is 4.79 Å². The summed E-state index contributed by atoms with van der Waals surface area (Å²) >= 11 is 0. The number of carbonyl (C=O) groups excluding carboxylic acids is 2. The number of carbonyl (C=O) groups is 2. The molecule has 3 aromatic rings. The van der Waals surface area contributed by atoms with Crippen LogP contribution in [0.25, 0.3) is 0 Å². The van der Waals surface area contributed by atoms with Crippen molar-refractivity contribution in [1.82, 2.24) is 5.01 Å². The van der Waals surface area contributed by atoms with Crippen LogP contribution in [-0.2, 0) is 9.53 Å². The van der Waals surface area contributed by atoms with Gasteiger partial charge >= 0.3 is 5.97 Å². The Bertz CT molecular complexity index is 1140. The molecule has 0 aliphatic carbocycles. The summed E-state index contributed by atoms with van der Waals surface area (Å²) in [6.45, 7) is -0.414. The maximum atomic E-state index is 13.1. The van der Waals surface area contributed by atoms with Crippen LogP contribution in [0.15, 0.2) is 84.0 Å². The topological polar surface area (TPSA) is 77.4 Å². The second-order valence-electron chi connectivity index (χ2n) is 7.45. The lowest BCUT2D eigenvalue weighted by atomic mass is 9.98. The van der Waals surface area contributed by atoms with Gasteiger partial charge in [0.05, 0.1) is 31.5 Å². The number of amides is 1. The van der Waals surface area contributed by atoms with E-state index >= 15 is 0 Å². The van der Waals surface area contributed by atoms with Crippen LogP contribution in [0.4, 0.5) is 0 Å². The van der Waals surface area contributed by atoms with Crippen LogP contribution in [0.2, 0.25) is 0 Å². The van der Waals surface area contributed by atoms with Crippen LogP contribution in [0.3, 0.4) is 0 Å². The zero-order valence-corrected chi connectivity index (χ0v) is 18.4. The number of esters is 1. The first-order chi connectivity index (χ1) is 16.1. The molecule has 0 radical (unpaired) electrons. The molecule has 1 atom stereocenters. The molecule has 0 saturated heterocycles. The summed E-state index contributed by atoms with van der Waals surface area (Å²) in [6, 6.07) is 23.4. The average molecular weight is 444 g/mol. The van der Waals surface area contributed by atoms with Crippen LogP contribution in [0.5, 0.6) is 11.5 Å². The summed E-state index contributed by atoms with van der Waals surface area (Å²) in [4.78, 5) is 25.5. The molecule has 1 heterocycles. The van der Waals surface area contributed by atoms with Gasteiger partial charge in [-0.25, -0.2) is 9.80 Å². The summed E-state index contributed by atoms with van der Waals surface area (Å²) in [5.41, 5.74) is 3.00. The molecule has 0 aromatic heterocycles. The van der Waals surface area contributed by atoms with E-state index < -0.39 is 18.5 Å². The van der Waals surface area contributed by atoms with Gasteiger partial charge in [-0.05, 0) is 47.5 Å². The van der Waals surface area contributed by atoms with Crippen molar-refractivity contribution in [3.05, 3.63) is 95.6 Å². The third kappa shape index (κ3) is 5.03. The minimum Gasteiger partial charge on any atom is -0.497 e. The van der Waals surface area contributed by atoms with Crippen LogP contribution in [0.1, 0.15) is 33.9 Å². The van der Waals surface area contributed by atoms with Gasteiger partial charge in [0.15, 0.2) is 6.61 Å². The number of rotatable bonds is 7. The van der Waals surface area contributed by atoms with Crippen molar-refractivity contribution in [2.45, 2.75) is 12.5 Å². The lowest BCUT2D eigenvalue weighted by Crippen LogP contribution is -2.31. The first kappa shape index (κ1) is 22.1. The fraction of sp³-hybridized carbons (Fsp3) is 0.192. The van der Waals surface area contributed by atoms with E-state index in [-0.39, 0.29) is 6.04 Å². The number of benzene rings is 3. The van der Waals surface area contributed by atoms with E-state index in [2.05, 4.69) is 5.10 Å². The normalized spacial score (nSPS) is 15.0. The first-order valence-corrected chi connectivity index (χ1v) is 10.5. The molecule has 7 heteroatoms. The van der Waals surface area contributed by atoms with Crippen molar-refractivity contribution in [2.24, 2.45) is 5.10 Å². The van der Waals surface area contributed by atoms with Crippen molar-refractivity contribution < 1.29 is 23.8 Å². The Morgan fingerprint density at radius 3 is 2.09 bits per heavy atom. The fourth-order valence-electron chi connectivity index (χ4n) is 3.63. The Hall–Kier alpha value is -4.13. The maximum Gasteiger partial charge on any atom is 0.338 e. The van der Waals surface area contributed by atoms with Crippen LogP contribution >= 0.6 is 0 Å². The van der Waals surface area contributed by atoms with Gasteiger partial charge in [-0.1, -0.05) is 42.5 Å². The maximum absolute atomic E-state index is 13.1. The second kappa shape index (κ2) is 9.99. The molecule has 3 aromatic carbocycles. The van der Waals surface area contributed by atoms with Crippen LogP contribution < -0.4 is 9.47 Å². The van der Waals surface area contributed by atoms with Gasteiger partial charge in [0.25, 0.3) is 5.91 Å². The molecular weight excluding hydrogens is 420 g/mol. The molecule has 0 N–H and O–H groups in total. The third-order valence-corrected chi connectivity index (χ3v) is 5.43. The van der Waals surface area contributed by atoms with Gasteiger partial charge in [0, 0.05) is 6.42 Å². The molecule has 0 saturated carbocycles. The minimum absolute atomic E-state index is 0.307. The highest BCUT2D eigenvalue weighted by atomic mass is 16.5. The largest absolute Gasteiger partial charge is 0.497 e. The SMILES string of the molecule is COc1ccc(C(=O)OCC(=O)N2N=C(c3ccccc3)CC2c2ccc(OC)cc2)cc1. The lowest BCUT2D eigenvalue weighted by molar-refractivity contribution is -0.136. The summed E-state index contributed by atoms with van der Waals surface area (Å²) in [6.07, 6.45) is 0.550. The molecule has 1 unspecified atom stereocenters. The Labute approximate surface area is 192 Å². The van der Waals surface area contributed by atoms with E-state index in [0.29, 0.717) is 17.7 Å². The predicted octanol–water partition coefficient (Wildman–Crippen LogP) is 4.24. The molecule has 0 fully saturated rings. The van der Waals surface area contributed by atoms with Gasteiger partial charge in [0.1, 0.15) is 11.5 Å². The van der Waals surface area contributed by atoms with Crippen molar-refractivity contribution >= 4 is 17.6 Å². The van der Waals surface area contributed by atoms with Crippen LogP contribution in [-0.4, -0.2) is 43.4 Å². The Kier molecular flexibility index (Phi) is 6.69. The van der Waals surface area contributed by atoms with Gasteiger partial charge < -0.3 is 14.2 Å². The highest BCUT2D eigenvalue weighted by Crippen LogP contribution is 2.33. The standard InChI is InChI=1S/C26H24N2O5/c1-31-21-12-8-19(9-13-21)24-16-23(18-6-4-3-5-7-18)27-28(24)25(29)17-33-26(30)20-10-14-22(32-2)15-11-20/h3-15,24H,16-17H2,1-2H3. The lowest BCUT2D eigenvalue weighted by Gasteiger charge is -2.22. The summed E-state index contributed by atoms with van der Waals surface area (Å²) in [5.74, 6) is 0.374. The number of hydrogen-bond donors (Lipinski definition) is 0. The van der Waals surface area contributed by atoms with Gasteiger partial charge in [0.2, 0.25) is 0 Å². The zero-order valence-electron chi connectivity index (χ0n) is 18.4. The zero-order chi connectivity index (χ0) is 23.2. The van der Waals surface area contributed by atoms with Gasteiger partial charge in [-0.2, -0.15) is 5.10 Å². The first-order valence-electron chi connectivity index (χ1n) is 10.5.